The minimum Gasteiger partial charge on any atom is -0.490 e. The predicted octanol–water partition coefficient (Wildman–Crippen LogP) is 2.87. The van der Waals surface area contributed by atoms with E-state index in [1.165, 1.54) is 6.07 Å². The van der Waals surface area contributed by atoms with Crippen molar-refractivity contribution in [2.24, 2.45) is 0 Å². The molecule has 0 aliphatic carbocycles. The lowest BCUT2D eigenvalue weighted by Gasteiger charge is -2.07. The molecule has 0 aliphatic heterocycles. The summed E-state index contributed by atoms with van der Waals surface area (Å²) in [7, 11) is 0. The zero-order valence-corrected chi connectivity index (χ0v) is 8.01. The van der Waals surface area contributed by atoms with E-state index in [2.05, 4.69) is 4.74 Å². The molecule has 0 fully saturated rings. The third-order valence-electron chi connectivity index (χ3n) is 1.76. The van der Waals surface area contributed by atoms with Crippen molar-refractivity contribution in [3.63, 3.8) is 0 Å². The van der Waals surface area contributed by atoms with Crippen molar-refractivity contribution in [1.29, 1.82) is 5.26 Å². The van der Waals surface area contributed by atoms with Gasteiger partial charge in [-0.3, -0.25) is 0 Å². The molecule has 0 spiro atoms. The van der Waals surface area contributed by atoms with Crippen LogP contribution in [0.4, 0.5) is 17.6 Å². The molecule has 0 saturated heterocycles. The summed E-state index contributed by atoms with van der Waals surface area (Å²) in [6.45, 7) is -0.417. The van der Waals surface area contributed by atoms with Crippen LogP contribution in [0.25, 0.3) is 0 Å². The zero-order valence-electron chi connectivity index (χ0n) is 8.01. The Morgan fingerprint density at radius 2 is 1.94 bits per heavy atom. The van der Waals surface area contributed by atoms with Gasteiger partial charge in [0, 0.05) is 6.42 Å². The summed E-state index contributed by atoms with van der Waals surface area (Å²) in [6.07, 6.45) is -3.13. The largest absolute Gasteiger partial charge is 0.490 e. The van der Waals surface area contributed by atoms with Crippen LogP contribution >= 0.6 is 0 Å². The van der Waals surface area contributed by atoms with Crippen molar-refractivity contribution in [3.05, 3.63) is 29.3 Å². The zero-order chi connectivity index (χ0) is 12.1. The summed E-state index contributed by atoms with van der Waals surface area (Å²) in [6, 6.07) is 3.50. The van der Waals surface area contributed by atoms with Crippen molar-refractivity contribution in [2.45, 2.75) is 12.8 Å². The van der Waals surface area contributed by atoms with Crippen LogP contribution in [-0.2, 0) is 0 Å². The van der Waals surface area contributed by atoms with Gasteiger partial charge < -0.3 is 4.74 Å². The first-order valence-electron chi connectivity index (χ1n) is 4.35. The molecule has 0 bridgehead atoms. The number of alkyl halides is 2. The molecule has 1 aromatic carbocycles. The van der Waals surface area contributed by atoms with Gasteiger partial charge in [-0.15, -0.1) is 0 Å². The van der Waals surface area contributed by atoms with Gasteiger partial charge >= 0.3 is 0 Å². The van der Waals surface area contributed by atoms with Crippen molar-refractivity contribution in [1.82, 2.24) is 0 Å². The number of ether oxygens (including phenoxy) is 1. The first-order valence-corrected chi connectivity index (χ1v) is 4.35. The molecule has 0 atom stereocenters. The SMILES string of the molecule is N#Cc1ccc(OCCC(F)F)c(F)c1F. The second kappa shape index (κ2) is 5.35. The highest BCUT2D eigenvalue weighted by atomic mass is 19.3. The molecular formula is C10H7F4NO. The topological polar surface area (TPSA) is 33.0 Å². The van der Waals surface area contributed by atoms with Crippen LogP contribution in [0.1, 0.15) is 12.0 Å². The van der Waals surface area contributed by atoms with Crippen molar-refractivity contribution < 1.29 is 22.3 Å². The monoisotopic (exact) mass is 233 g/mol. The van der Waals surface area contributed by atoms with Gasteiger partial charge in [0.2, 0.25) is 12.2 Å². The lowest BCUT2D eigenvalue weighted by molar-refractivity contribution is 0.113. The van der Waals surface area contributed by atoms with Crippen LogP contribution < -0.4 is 4.74 Å². The maximum absolute atomic E-state index is 13.1. The van der Waals surface area contributed by atoms with E-state index in [-0.39, 0.29) is 0 Å². The quantitative estimate of drug-likeness (QED) is 0.749. The van der Waals surface area contributed by atoms with Crippen molar-refractivity contribution in [3.8, 4) is 11.8 Å². The maximum atomic E-state index is 13.1. The molecule has 0 heterocycles. The minimum absolute atomic E-state index is 0.417. The number of rotatable bonds is 4. The maximum Gasteiger partial charge on any atom is 0.241 e. The smallest absolute Gasteiger partial charge is 0.241 e. The molecule has 1 aromatic rings. The Balaban J connectivity index is 2.76. The number of halogens is 4. The molecule has 1 rings (SSSR count). The van der Waals surface area contributed by atoms with Gasteiger partial charge in [0.15, 0.2) is 11.6 Å². The van der Waals surface area contributed by atoms with Crippen LogP contribution in [0.5, 0.6) is 5.75 Å². The van der Waals surface area contributed by atoms with E-state index in [0.717, 1.165) is 12.1 Å². The number of nitrogens with zero attached hydrogens (tertiary/aromatic N) is 1. The Labute approximate surface area is 89.1 Å². The normalized spacial score (nSPS) is 10.2. The fraction of sp³-hybridized carbons (Fsp3) is 0.300. The molecule has 2 nitrogen and oxygen atoms in total. The number of hydrogen-bond acceptors (Lipinski definition) is 2. The molecule has 6 heteroatoms. The highest BCUT2D eigenvalue weighted by Crippen LogP contribution is 2.22. The summed E-state index contributed by atoms with van der Waals surface area (Å²) in [5.74, 6) is -3.15. The Kier molecular flexibility index (Phi) is 4.11. The van der Waals surface area contributed by atoms with E-state index < -0.39 is 42.4 Å². The molecule has 86 valence electrons. The first-order chi connectivity index (χ1) is 7.56. The Morgan fingerprint density at radius 1 is 1.25 bits per heavy atom. The van der Waals surface area contributed by atoms with Gasteiger partial charge in [0.05, 0.1) is 12.2 Å². The third-order valence-corrected chi connectivity index (χ3v) is 1.76. The molecule has 16 heavy (non-hydrogen) atoms. The highest BCUT2D eigenvalue weighted by molar-refractivity contribution is 5.37. The first kappa shape index (κ1) is 12.3. The summed E-state index contributed by atoms with van der Waals surface area (Å²) in [5, 5.41) is 8.39. The Morgan fingerprint density at radius 3 is 2.50 bits per heavy atom. The molecule has 0 amide bonds. The van der Waals surface area contributed by atoms with Gasteiger partial charge in [-0.2, -0.15) is 9.65 Å². The second-order valence-corrected chi connectivity index (χ2v) is 2.88. The molecule has 0 N–H and O–H groups in total. The highest BCUT2D eigenvalue weighted by Gasteiger charge is 2.14. The van der Waals surface area contributed by atoms with E-state index in [4.69, 9.17) is 5.26 Å². The van der Waals surface area contributed by atoms with E-state index in [1.54, 1.807) is 0 Å². The number of hydrogen-bond donors (Lipinski definition) is 0. The second-order valence-electron chi connectivity index (χ2n) is 2.88. The molecule has 0 unspecified atom stereocenters. The predicted molar refractivity (Wildman–Crippen MR) is 47.2 cm³/mol. The van der Waals surface area contributed by atoms with Gasteiger partial charge in [0.25, 0.3) is 0 Å². The minimum atomic E-state index is -2.56. The summed E-state index contributed by atoms with van der Waals surface area (Å²) in [4.78, 5) is 0. The van der Waals surface area contributed by atoms with Crippen LogP contribution in [0.2, 0.25) is 0 Å². The van der Waals surface area contributed by atoms with Gasteiger partial charge in [-0.05, 0) is 12.1 Å². The Hall–Kier alpha value is -1.77. The van der Waals surface area contributed by atoms with E-state index in [1.807, 2.05) is 0 Å². The standard InChI is InChI=1S/C10H7F4NO/c11-8(12)3-4-16-7-2-1-6(5-15)9(13)10(7)14/h1-2,8H,3-4H2. The lowest BCUT2D eigenvalue weighted by atomic mass is 10.2. The molecule has 0 saturated carbocycles. The number of nitriles is 1. The average molecular weight is 233 g/mol. The fourth-order valence-electron chi connectivity index (χ4n) is 0.988. The summed E-state index contributed by atoms with van der Waals surface area (Å²) >= 11 is 0. The average Bonchev–Trinajstić information content (AvgIpc) is 2.24. The third kappa shape index (κ3) is 2.86. The van der Waals surface area contributed by atoms with Crippen molar-refractivity contribution >= 4 is 0 Å². The Bertz CT molecular complexity index is 414. The van der Waals surface area contributed by atoms with E-state index in [0.29, 0.717) is 0 Å². The van der Waals surface area contributed by atoms with Gasteiger partial charge in [0.1, 0.15) is 6.07 Å². The fourth-order valence-corrected chi connectivity index (χ4v) is 0.988. The lowest BCUT2D eigenvalue weighted by Crippen LogP contribution is -2.05. The molecule has 0 radical (unpaired) electrons. The van der Waals surface area contributed by atoms with Crippen LogP contribution in [0.15, 0.2) is 12.1 Å². The van der Waals surface area contributed by atoms with Crippen LogP contribution in [0.3, 0.4) is 0 Å². The summed E-state index contributed by atoms with van der Waals surface area (Å²) < 4.78 is 54.3. The molecule has 0 aliphatic rings. The number of benzene rings is 1. The molecular weight excluding hydrogens is 226 g/mol. The molecule has 0 aromatic heterocycles. The van der Waals surface area contributed by atoms with E-state index >= 15 is 0 Å². The van der Waals surface area contributed by atoms with Crippen LogP contribution in [0, 0.1) is 23.0 Å². The summed E-state index contributed by atoms with van der Waals surface area (Å²) in [5.41, 5.74) is -0.460. The van der Waals surface area contributed by atoms with Gasteiger partial charge in [-0.25, -0.2) is 13.2 Å². The van der Waals surface area contributed by atoms with Gasteiger partial charge in [-0.1, -0.05) is 0 Å². The van der Waals surface area contributed by atoms with Crippen LogP contribution in [-0.4, -0.2) is 13.0 Å². The van der Waals surface area contributed by atoms with Crippen molar-refractivity contribution in [2.75, 3.05) is 6.61 Å². The van der Waals surface area contributed by atoms with E-state index in [9.17, 15) is 17.6 Å².